The Morgan fingerprint density at radius 3 is 2.59 bits per heavy atom. The number of piperidine rings is 1. The number of nitrogens with one attached hydrogen (secondary N) is 1. The van der Waals surface area contributed by atoms with E-state index in [1.165, 1.54) is 29.0 Å². The lowest BCUT2D eigenvalue weighted by molar-refractivity contribution is 0.0949. The molecule has 1 saturated heterocycles. The number of nitrogens with zero attached hydrogens (tertiary/aromatic N) is 3. The molecule has 0 unspecified atom stereocenters. The van der Waals surface area contributed by atoms with Crippen LogP contribution >= 0.6 is 0 Å². The van der Waals surface area contributed by atoms with Gasteiger partial charge in [0.1, 0.15) is 11.2 Å². The third-order valence-corrected chi connectivity index (χ3v) is 5.62. The van der Waals surface area contributed by atoms with E-state index in [0.29, 0.717) is 12.2 Å². The Bertz CT molecular complexity index is 1050. The van der Waals surface area contributed by atoms with E-state index < -0.39 is 5.91 Å². The number of hydrogen-bond acceptors (Lipinski definition) is 4. The van der Waals surface area contributed by atoms with E-state index in [2.05, 4.69) is 34.3 Å². The van der Waals surface area contributed by atoms with Crippen LogP contribution in [0.2, 0.25) is 0 Å². The minimum atomic E-state index is -0.410. The zero-order chi connectivity index (χ0) is 20.2. The molecule has 0 atom stereocenters. The Kier molecular flexibility index (Phi) is 5.71. The molecule has 0 radical (unpaired) electrons. The predicted octanol–water partition coefficient (Wildman–Crippen LogP) is 2.86. The molecule has 1 aromatic carbocycles. The maximum Gasteiger partial charge on any atom is 0.270 e. The number of amides is 1. The molecule has 1 fully saturated rings. The second-order valence-corrected chi connectivity index (χ2v) is 7.86. The van der Waals surface area contributed by atoms with E-state index in [4.69, 9.17) is 0 Å². The van der Waals surface area contributed by atoms with Gasteiger partial charge >= 0.3 is 0 Å². The average Bonchev–Trinajstić information content (AvgIpc) is 2.75. The summed E-state index contributed by atoms with van der Waals surface area (Å²) in [5.41, 5.74) is 2.49. The predicted molar refractivity (Wildman–Crippen MR) is 113 cm³/mol. The van der Waals surface area contributed by atoms with E-state index in [0.717, 1.165) is 31.1 Å². The van der Waals surface area contributed by atoms with E-state index >= 15 is 0 Å². The van der Waals surface area contributed by atoms with Crippen molar-refractivity contribution in [1.29, 1.82) is 0 Å². The molecule has 0 spiro atoms. The Hall–Kier alpha value is -2.99. The fourth-order valence-electron chi connectivity index (χ4n) is 3.70. The molecule has 1 amide bonds. The number of rotatable bonds is 5. The number of pyridine rings is 1. The molecule has 1 aliphatic rings. The SMILES string of the molecule is CC1CCN(Cc2ccc(CNC(=O)c3cnc4ccccn4c3=O)cc2)CC1. The van der Waals surface area contributed by atoms with Gasteiger partial charge in [0.25, 0.3) is 11.5 Å². The number of carbonyl (C=O) groups is 1. The largest absolute Gasteiger partial charge is 0.348 e. The van der Waals surface area contributed by atoms with Crippen LogP contribution in [0.3, 0.4) is 0 Å². The van der Waals surface area contributed by atoms with Crippen molar-refractivity contribution in [1.82, 2.24) is 19.6 Å². The molecule has 6 heteroatoms. The first-order valence-corrected chi connectivity index (χ1v) is 10.1. The van der Waals surface area contributed by atoms with Crippen LogP contribution in [0.15, 0.2) is 59.7 Å². The normalized spacial score (nSPS) is 15.5. The third-order valence-electron chi connectivity index (χ3n) is 5.62. The maximum atomic E-state index is 12.5. The van der Waals surface area contributed by atoms with Gasteiger partial charge in [-0.05, 0) is 55.1 Å². The van der Waals surface area contributed by atoms with Gasteiger partial charge < -0.3 is 5.32 Å². The highest BCUT2D eigenvalue weighted by atomic mass is 16.2. The van der Waals surface area contributed by atoms with Crippen LogP contribution in [0.4, 0.5) is 0 Å². The second-order valence-electron chi connectivity index (χ2n) is 7.86. The number of benzene rings is 1. The summed E-state index contributed by atoms with van der Waals surface area (Å²) in [6.45, 7) is 5.99. The summed E-state index contributed by atoms with van der Waals surface area (Å²) < 4.78 is 1.38. The van der Waals surface area contributed by atoms with Crippen LogP contribution in [-0.2, 0) is 13.1 Å². The molecule has 2 aromatic heterocycles. The second kappa shape index (κ2) is 8.57. The quantitative estimate of drug-likeness (QED) is 0.728. The van der Waals surface area contributed by atoms with Crippen LogP contribution in [0.1, 0.15) is 41.3 Å². The smallest absolute Gasteiger partial charge is 0.270 e. The maximum absolute atomic E-state index is 12.5. The van der Waals surface area contributed by atoms with Gasteiger partial charge in [-0.1, -0.05) is 37.3 Å². The lowest BCUT2D eigenvalue weighted by Crippen LogP contribution is -2.32. The van der Waals surface area contributed by atoms with E-state index in [9.17, 15) is 9.59 Å². The van der Waals surface area contributed by atoms with Crippen molar-refractivity contribution in [2.24, 2.45) is 5.92 Å². The lowest BCUT2D eigenvalue weighted by Gasteiger charge is -2.30. The van der Waals surface area contributed by atoms with Crippen molar-refractivity contribution >= 4 is 11.6 Å². The van der Waals surface area contributed by atoms with Crippen molar-refractivity contribution in [3.05, 3.63) is 81.9 Å². The van der Waals surface area contributed by atoms with Gasteiger partial charge in [0, 0.05) is 25.5 Å². The summed E-state index contributed by atoms with van der Waals surface area (Å²) in [7, 11) is 0. The molecule has 1 aliphatic heterocycles. The molecule has 3 heterocycles. The highest BCUT2D eigenvalue weighted by Crippen LogP contribution is 2.18. The third kappa shape index (κ3) is 4.54. The Labute approximate surface area is 170 Å². The summed E-state index contributed by atoms with van der Waals surface area (Å²) in [6, 6.07) is 13.6. The highest BCUT2D eigenvalue weighted by molar-refractivity contribution is 5.93. The molecule has 0 bridgehead atoms. The van der Waals surface area contributed by atoms with Crippen molar-refractivity contribution < 1.29 is 4.79 Å². The minimum absolute atomic E-state index is 0.0460. The molecule has 6 nitrogen and oxygen atoms in total. The van der Waals surface area contributed by atoms with Gasteiger partial charge in [0.2, 0.25) is 0 Å². The Morgan fingerprint density at radius 1 is 1.10 bits per heavy atom. The summed E-state index contributed by atoms with van der Waals surface area (Å²) in [5.74, 6) is 0.426. The van der Waals surface area contributed by atoms with Crippen LogP contribution in [0, 0.1) is 5.92 Å². The zero-order valence-corrected chi connectivity index (χ0v) is 16.7. The van der Waals surface area contributed by atoms with Gasteiger partial charge in [-0.15, -0.1) is 0 Å². The number of aromatic nitrogens is 2. The monoisotopic (exact) mass is 390 g/mol. The van der Waals surface area contributed by atoms with E-state index in [-0.39, 0.29) is 11.1 Å². The fraction of sp³-hybridized carbons (Fsp3) is 0.348. The van der Waals surface area contributed by atoms with Gasteiger partial charge in [-0.25, -0.2) is 4.98 Å². The van der Waals surface area contributed by atoms with Crippen LogP contribution in [0.5, 0.6) is 0 Å². The van der Waals surface area contributed by atoms with Gasteiger partial charge in [-0.2, -0.15) is 0 Å². The van der Waals surface area contributed by atoms with Gasteiger partial charge in [0.15, 0.2) is 0 Å². The van der Waals surface area contributed by atoms with Crippen molar-refractivity contribution in [2.45, 2.75) is 32.9 Å². The van der Waals surface area contributed by atoms with E-state index in [1.54, 1.807) is 24.4 Å². The molecular formula is C23H26N4O2. The van der Waals surface area contributed by atoms with Crippen LogP contribution in [-0.4, -0.2) is 33.3 Å². The minimum Gasteiger partial charge on any atom is -0.348 e. The first kappa shape index (κ1) is 19.3. The summed E-state index contributed by atoms with van der Waals surface area (Å²) >= 11 is 0. The molecule has 1 N–H and O–H groups in total. The van der Waals surface area contributed by atoms with Crippen molar-refractivity contribution in [2.75, 3.05) is 13.1 Å². The lowest BCUT2D eigenvalue weighted by atomic mass is 9.99. The zero-order valence-electron chi connectivity index (χ0n) is 16.7. The Balaban J connectivity index is 1.36. The molecule has 3 aromatic rings. The molecule has 4 rings (SSSR count). The van der Waals surface area contributed by atoms with Gasteiger partial charge in [0.05, 0.1) is 0 Å². The first-order chi connectivity index (χ1) is 14.1. The summed E-state index contributed by atoms with van der Waals surface area (Å²) in [4.78, 5) is 31.6. The molecule has 0 aliphatic carbocycles. The Morgan fingerprint density at radius 2 is 1.83 bits per heavy atom. The highest BCUT2D eigenvalue weighted by Gasteiger charge is 2.16. The molecule has 150 valence electrons. The van der Waals surface area contributed by atoms with Crippen molar-refractivity contribution in [3.63, 3.8) is 0 Å². The van der Waals surface area contributed by atoms with Gasteiger partial charge in [-0.3, -0.25) is 18.9 Å². The first-order valence-electron chi connectivity index (χ1n) is 10.1. The van der Waals surface area contributed by atoms with Crippen molar-refractivity contribution in [3.8, 4) is 0 Å². The molecule has 29 heavy (non-hydrogen) atoms. The fourth-order valence-corrected chi connectivity index (χ4v) is 3.70. The molecular weight excluding hydrogens is 364 g/mol. The topological polar surface area (TPSA) is 66.7 Å². The number of carbonyl (C=O) groups excluding carboxylic acids is 1. The number of hydrogen-bond donors (Lipinski definition) is 1. The van der Waals surface area contributed by atoms with Crippen LogP contribution in [0.25, 0.3) is 5.65 Å². The molecule has 0 saturated carbocycles. The average molecular weight is 390 g/mol. The van der Waals surface area contributed by atoms with E-state index in [1.807, 2.05) is 12.1 Å². The standard InChI is InChI=1S/C23H26N4O2/c1-17-9-12-26(13-10-17)16-19-7-5-18(6-8-19)14-25-22(28)20-15-24-21-4-2-3-11-27(21)23(20)29/h2-8,11,15,17H,9-10,12-14,16H2,1H3,(H,25,28). The summed E-state index contributed by atoms with van der Waals surface area (Å²) in [5, 5.41) is 2.82. The number of fused-ring (bicyclic) bond motifs is 1. The number of likely N-dealkylation sites (tertiary alicyclic amines) is 1. The van der Waals surface area contributed by atoms with Crippen LogP contribution < -0.4 is 10.9 Å². The summed E-state index contributed by atoms with van der Waals surface area (Å²) in [6.07, 6.45) is 5.50.